The number of carbonyl (C=O) groups excluding carboxylic acids is 1. The van der Waals surface area contributed by atoms with Crippen LogP contribution in [0.3, 0.4) is 0 Å². The third kappa shape index (κ3) is 7.16. The van der Waals surface area contributed by atoms with E-state index in [1.165, 1.54) is 37.4 Å². The molecule has 2 aliphatic rings. The van der Waals surface area contributed by atoms with E-state index >= 15 is 0 Å². The lowest BCUT2D eigenvalue weighted by Gasteiger charge is -2.39. The molecular formula is C26H36ClFN4O. The van der Waals surface area contributed by atoms with Crippen LogP contribution in [-0.4, -0.2) is 61.0 Å². The van der Waals surface area contributed by atoms with Crippen LogP contribution in [-0.2, 0) is 11.3 Å². The molecule has 0 unspecified atom stereocenters. The fraction of sp³-hybridized carbons (Fsp3) is 0.500. The summed E-state index contributed by atoms with van der Waals surface area (Å²) >= 11 is 0. The predicted molar refractivity (Wildman–Crippen MR) is 136 cm³/mol. The number of hydrogen-bond donors (Lipinski definition) is 1. The van der Waals surface area contributed by atoms with E-state index in [4.69, 9.17) is 0 Å². The van der Waals surface area contributed by atoms with Gasteiger partial charge in [0.15, 0.2) is 0 Å². The first-order valence-electron chi connectivity index (χ1n) is 11.9. The zero-order valence-electron chi connectivity index (χ0n) is 19.5. The lowest BCUT2D eigenvalue weighted by Crippen LogP contribution is -2.53. The third-order valence-electron chi connectivity index (χ3n) is 6.67. The van der Waals surface area contributed by atoms with Gasteiger partial charge in [-0.15, -0.1) is 12.4 Å². The molecule has 5 nitrogen and oxygen atoms in total. The molecule has 180 valence electrons. The van der Waals surface area contributed by atoms with Crippen LogP contribution in [0.5, 0.6) is 0 Å². The zero-order valence-corrected chi connectivity index (χ0v) is 20.3. The number of benzene rings is 2. The number of amides is 1. The Morgan fingerprint density at radius 3 is 2.33 bits per heavy atom. The van der Waals surface area contributed by atoms with Crippen molar-refractivity contribution in [1.82, 2.24) is 9.80 Å². The highest BCUT2D eigenvalue weighted by atomic mass is 35.5. The molecule has 2 aromatic carbocycles. The molecule has 0 aromatic heterocycles. The first-order chi connectivity index (χ1) is 15.6. The molecule has 2 aromatic rings. The lowest BCUT2D eigenvalue weighted by atomic mass is 10.1. The maximum atomic E-state index is 14.0. The number of carbonyl (C=O) groups is 1. The SMILES string of the molecule is C[C@@H]1CN(Cc2ccccc2F)CCN1CC(=O)Nc1ccc(N2CCCCCC2)cc1.Cl. The van der Waals surface area contributed by atoms with Crippen LogP contribution < -0.4 is 10.2 Å². The molecule has 2 saturated heterocycles. The van der Waals surface area contributed by atoms with Crippen molar-refractivity contribution in [2.24, 2.45) is 0 Å². The average molecular weight is 475 g/mol. The van der Waals surface area contributed by atoms with Crippen LogP contribution in [0.15, 0.2) is 48.5 Å². The van der Waals surface area contributed by atoms with Gasteiger partial charge in [-0.2, -0.15) is 0 Å². The maximum absolute atomic E-state index is 14.0. The highest BCUT2D eigenvalue weighted by Gasteiger charge is 2.25. The van der Waals surface area contributed by atoms with E-state index in [1.807, 2.05) is 24.3 Å². The number of rotatable bonds is 6. The number of piperazine rings is 1. The molecule has 4 rings (SSSR count). The van der Waals surface area contributed by atoms with Crippen molar-refractivity contribution in [2.75, 3.05) is 49.5 Å². The van der Waals surface area contributed by atoms with Gasteiger partial charge in [-0.3, -0.25) is 14.6 Å². The van der Waals surface area contributed by atoms with Crippen molar-refractivity contribution >= 4 is 29.7 Å². The van der Waals surface area contributed by atoms with Gasteiger partial charge in [0.05, 0.1) is 6.54 Å². The van der Waals surface area contributed by atoms with Crippen molar-refractivity contribution in [3.8, 4) is 0 Å². The van der Waals surface area contributed by atoms with Crippen LogP contribution in [0.2, 0.25) is 0 Å². The number of nitrogens with zero attached hydrogens (tertiary/aromatic N) is 3. The van der Waals surface area contributed by atoms with Crippen molar-refractivity contribution < 1.29 is 9.18 Å². The Morgan fingerprint density at radius 2 is 1.67 bits per heavy atom. The second-order valence-corrected chi connectivity index (χ2v) is 9.14. The summed E-state index contributed by atoms with van der Waals surface area (Å²) in [5.74, 6) is -0.134. The summed E-state index contributed by atoms with van der Waals surface area (Å²) in [7, 11) is 0. The summed E-state index contributed by atoms with van der Waals surface area (Å²) in [5.41, 5.74) is 2.82. The van der Waals surface area contributed by atoms with E-state index < -0.39 is 0 Å². The van der Waals surface area contributed by atoms with E-state index in [9.17, 15) is 9.18 Å². The van der Waals surface area contributed by atoms with Crippen LogP contribution >= 0.6 is 12.4 Å². The number of halogens is 2. The normalized spacial score (nSPS) is 20.1. The molecule has 0 saturated carbocycles. The highest BCUT2D eigenvalue weighted by molar-refractivity contribution is 5.92. The summed E-state index contributed by atoms with van der Waals surface area (Å²) in [5, 5.41) is 3.05. The second kappa shape index (κ2) is 12.4. The molecule has 0 spiro atoms. The number of nitrogens with one attached hydrogen (secondary N) is 1. The Bertz CT molecular complexity index is 886. The second-order valence-electron chi connectivity index (χ2n) is 9.14. The minimum atomic E-state index is -0.149. The van der Waals surface area contributed by atoms with E-state index in [1.54, 1.807) is 6.07 Å². The standard InChI is InChI=1S/C26H35FN4O.ClH/c1-21-18-29(19-22-8-4-5-9-25(22)27)16-17-31(21)20-26(32)28-23-10-12-24(13-11-23)30-14-6-2-3-7-15-30;/h4-5,8-13,21H,2-3,6-7,14-20H2,1H3,(H,28,32);1H/t21-;/m1./s1. The summed E-state index contributed by atoms with van der Waals surface area (Å²) in [4.78, 5) is 19.6. The smallest absolute Gasteiger partial charge is 0.238 e. The van der Waals surface area contributed by atoms with Crippen LogP contribution in [0.1, 0.15) is 38.2 Å². The van der Waals surface area contributed by atoms with Gasteiger partial charge in [0.2, 0.25) is 5.91 Å². The molecule has 2 heterocycles. The number of anilines is 2. The van der Waals surface area contributed by atoms with Gasteiger partial charge < -0.3 is 10.2 Å². The zero-order chi connectivity index (χ0) is 22.3. The molecule has 0 bridgehead atoms. The van der Waals surface area contributed by atoms with E-state index in [2.05, 4.69) is 39.1 Å². The van der Waals surface area contributed by atoms with Gasteiger partial charge in [-0.05, 0) is 50.1 Å². The molecule has 1 amide bonds. The fourth-order valence-corrected chi connectivity index (χ4v) is 4.79. The Balaban J connectivity index is 0.00000306. The van der Waals surface area contributed by atoms with Crippen LogP contribution in [0.25, 0.3) is 0 Å². The molecule has 1 atom stereocenters. The molecule has 1 N–H and O–H groups in total. The van der Waals surface area contributed by atoms with Crippen LogP contribution in [0, 0.1) is 5.82 Å². The molecule has 7 heteroatoms. The summed E-state index contributed by atoms with van der Waals surface area (Å²) in [6, 6.07) is 15.4. The van der Waals surface area contributed by atoms with Crippen molar-refractivity contribution in [2.45, 2.75) is 45.2 Å². The van der Waals surface area contributed by atoms with Gasteiger partial charge in [0.1, 0.15) is 5.82 Å². The summed E-state index contributed by atoms with van der Waals surface area (Å²) in [6.07, 6.45) is 5.15. The quantitative estimate of drug-likeness (QED) is 0.654. The largest absolute Gasteiger partial charge is 0.372 e. The highest BCUT2D eigenvalue weighted by Crippen LogP contribution is 2.22. The lowest BCUT2D eigenvalue weighted by molar-refractivity contribution is -0.118. The average Bonchev–Trinajstić information content (AvgIpc) is 3.07. The van der Waals surface area contributed by atoms with Crippen molar-refractivity contribution in [1.29, 1.82) is 0 Å². The van der Waals surface area contributed by atoms with E-state index in [0.29, 0.717) is 13.1 Å². The molecule has 2 aliphatic heterocycles. The van der Waals surface area contributed by atoms with Gasteiger partial charge in [-0.1, -0.05) is 31.0 Å². The summed E-state index contributed by atoms with van der Waals surface area (Å²) < 4.78 is 14.0. The van der Waals surface area contributed by atoms with E-state index in [0.717, 1.165) is 44.0 Å². The Morgan fingerprint density at radius 1 is 0.970 bits per heavy atom. The first-order valence-corrected chi connectivity index (χ1v) is 11.9. The fourth-order valence-electron chi connectivity index (χ4n) is 4.79. The molecular weight excluding hydrogens is 439 g/mol. The van der Waals surface area contributed by atoms with Gasteiger partial charge in [-0.25, -0.2) is 4.39 Å². The maximum Gasteiger partial charge on any atom is 0.238 e. The topological polar surface area (TPSA) is 38.8 Å². The Hall–Kier alpha value is -2.15. The summed E-state index contributed by atoms with van der Waals surface area (Å²) in [6.45, 7) is 7.82. The third-order valence-corrected chi connectivity index (χ3v) is 6.67. The number of hydrogen-bond acceptors (Lipinski definition) is 4. The molecule has 0 radical (unpaired) electrons. The van der Waals surface area contributed by atoms with E-state index in [-0.39, 0.29) is 30.2 Å². The molecule has 0 aliphatic carbocycles. The predicted octanol–water partition coefficient (Wildman–Crippen LogP) is 4.77. The van der Waals surface area contributed by atoms with Gasteiger partial charge in [0, 0.05) is 62.2 Å². The molecule has 2 fully saturated rings. The van der Waals surface area contributed by atoms with Crippen molar-refractivity contribution in [3.05, 3.63) is 59.9 Å². The first kappa shape index (κ1) is 25.5. The van der Waals surface area contributed by atoms with Crippen molar-refractivity contribution in [3.63, 3.8) is 0 Å². The van der Waals surface area contributed by atoms with Gasteiger partial charge >= 0.3 is 0 Å². The van der Waals surface area contributed by atoms with Gasteiger partial charge in [0.25, 0.3) is 0 Å². The Kier molecular flexibility index (Phi) is 9.53. The molecule has 33 heavy (non-hydrogen) atoms. The minimum absolute atomic E-state index is 0. The minimum Gasteiger partial charge on any atom is -0.372 e. The van der Waals surface area contributed by atoms with Crippen LogP contribution in [0.4, 0.5) is 15.8 Å². The monoisotopic (exact) mass is 474 g/mol. The Labute approximate surface area is 203 Å².